The minimum atomic E-state index is -0.439. The first kappa shape index (κ1) is 21.5. The fraction of sp³-hybridized carbons (Fsp3) is 0.115. The summed E-state index contributed by atoms with van der Waals surface area (Å²) in [5.74, 6) is -0.791. The third-order valence-electron chi connectivity index (χ3n) is 5.47. The van der Waals surface area contributed by atoms with E-state index >= 15 is 0 Å². The van der Waals surface area contributed by atoms with Gasteiger partial charge < -0.3 is 9.84 Å². The number of aliphatic hydroxyl groups excluding tert-OH is 1. The Hall–Kier alpha value is -4.30. The molecule has 0 fully saturated rings. The Morgan fingerprint density at radius 1 is 1.03 bits per heavy atom. The van der Waals surface area contributed by atoms with Crippen LogP contribution in [0.2, 0.25) is 0 Å². The van der Waals surface area contributed by atoms with Crippen molar-refractivity contribution >= 4 is 11.5 Å². The lowest BCUT2D eigenvalue weighted by atomic mass is 10.0. The van der Waals surface area contributed by atoms with Crippen molar-refractivity contribution in [1.29, 1.82) is 0 Å². The van der Waals surface area contributed by atoms with Gasteiger partial charge in [-0.25, -0.2) is 18.4 Å². The normalized spacial score (nSPS) is 11.1. The van der Waals surface area contributed by atoms with Crippen molar-refractivity contribution in [1.82, 2.24) is 19.4 Å². The van der Waals surface area contributed by atoms with Gasteiger partial charge >= 0.3 is 5.97 Å². The number of halogens is 1. The Morgan fingerprint density at radius 3 is 2.50 bits per heavy atom. The van der Waals surface area contributed by atoms with Gasteiger partial charge in [0.2, 0.25) is 0 Å². The van der Waals surface area contributed by atoms with Crippen LogP contribution in [0.15, 0.2) is 79.0 Å². The van der Waals surface area contributed by atoms with Crippen LogP contribution in [0.3, 0.4) is 0 Å². The number of fused-ring (bicyclic) bond motifs is 1. The molecule has 3 heterocycles. The highest BCUT2D eigenvalue weighted by atomic mass is 19.1. The van der Waals surface area contributed by atoms with Crippen molar-refractivity contribution in [2.45, 2.75) is 13.5 Å². The molecule has 5 rings (SSSR count). The Balaban J connectivity index is 1.76. The molecule has 2 aromatic carbocycles. The lowest BCUT2D eigenvalue weighted by molar-refractivity contribution is 0.0526. The van der Waals surface area contributed by atoms with Crippen LogP contribution in [0.5, 0.6) is 0 Å². The molecule has 34 heavy (non-hydrogen) atoms. The number of esters is 1. The molecule has 7 nitrogen and oxygen atoms in total. The highest BCUT2D eigenvalue weighted by molar-refractivity contribution is 5.96. The Morgan fingerprint density at radius 2 is 1.79 bits per heavy atom. The molecular formula is C26H21FN4O3. The van der Waals surface area contributed by atoms with Crippen molar-refractivity contribution in [2.24, 2.45) is 0 Å². The number of para-hydroxylation sites is 1. The molecule has 0 spiro atoms. The maximum absolute atomic E-state index is 13.6. The zero-order valence-corrected chi connectivity index (χ0v) is 18.4. The molecule has 0 aliphatic heterocycles. The van der Waals surface area contributed by atoms with E-state index in [0.29, 0.717) is 39.3 Å². The molecule has 3 aromatic heterocycles. The standard InChI is InChI=1S/C26H21FN4O3/c1-2-34-26(33)18-12-13-30-23(14-18)24(25(29-30)17-8-10-19(27)11-9-17)22-15-21(16-32)31(28-22)20-6-4-3-5-7-20/h3-15,32H,2,16H2,1H3. The predicted octanol–water partition coefficient (Wildman–Crippen LogP) is 4.66. The van der Waals surface area contributed by atoms with Crippen LogP contribution < -0.4 is 0 Å². The van der Waals surface area contributed by atoms with Crippen LogP contribution in [0, 0.1) is 5.82 Å². The molecular weight excluding hydrogens is 435 g/mol. The largest absolute Gasteiger partial charge is 0.462 e. The van der Waals surface area contributed by atoms with Gasteiger partial charge in [0.25, 0.3) is 0 Å². The summed E-state index contributed by atoms with van der Waals surface area (Å²) in [6, 6.07) is 20.6. The molecule has 5 aromatic rings. The highest BCUT2D eigenvalue weighted by Crippen LogP contribution is 2.36. The number of aliphatic hydroxyl groups is 1. The van der Waals surface area contributed by atoms with Gasteiger partial charge in [0.15, 0.2) is 0 Å². The summed E-state index contributed by atoms with van der Waals surface area (Å²) in [4.78, 5) is 12.4. The number of benzene rings is 2. The zero-order valence-electron chi connectivity index (χ0n) is 18.4. The maximum Gasteiger partial charge on any atom is 0.338 e. The topological polar surface area (TPSA) is 81.6 Å². The van der Waals surface area contributed by atoms with Crippen molar-refractivity contribution in [3.63, 3.8) is 0 Å². The molecule has 0 radical (unpaired) electrons. The number of nitrogens with zero attached hydrogens (tertiary/aromatic N) is 4. The van der Waals surface area contributed by atoms with Gasteiger partial charge in [0.1, 0.15) is 11.5 Å². The molecule has 170 valence electrons. The summed E-state index contributed by atoms with van der Waals surface area (Å²) in [5.41, 5.74) is 4.88. The molecule has 8 heteroatoms. The van der Waals surface area contributed by atoms with Crippen LogP contribution in [0.4, 0.5) is 4.39 Å². The Labute approximate surface area is 194 Å². The quantitative estimate of drug-likeness (QED) is 0.376. The van der Waals surface area contributed by atoms with Crippen LogP contribution in [0.25, 0.3) is 33.7 Å². The van der Waals surface area contributed by atoms with Gasteiger partial charge in [-0.1, -0.05) is 18.2 Å². The van der Waals surface area contributed by atoms with Gasteiger partial charge in [-0.15, -0.1) is 0 Å². The molecule has 0 unspecified atom stereocenters. The summed E-state index contributed by atoms with van der Waals surface area (Å²) in [6.07, 6.45) is 1.68. The third kappa shape index (κ3) is 3.84. The second-order valence-corrected chi connectivity index (χ2v) is 7.62. The van der Waals surface area contributed by atoms with E-state index in [-0.39, 0.29) is 19.0 Å². The van der Waals surface area contributed by atoms with E-state index in [9.17, 15) is 14.3 Å². The number of ether oxygens (including phenoxy) is 1. The second-order valence-electron chi connectivity index (χ2n) is 7.62. The van der Waals surface area contributed by atoms with Crippen molar-refractivity contribution in [3.05, 3.63) is 96.1 Å². The number of carbonyl (C=O) groups excluding carboxylic acids is 1. The molecule has 0 saturated heterocycles. The average molecular weight is 456 g/mol. The third-order valence-corrected chi connectivity index (χ3v) is 5.47. The number of hydrogen-bond donors (Lipinski definition) is 1. The van der Waals surface area contributed by atoms with E-state index in [1.807, 2.05) is 30.3 Å². The number of hydrogen-bond acceptors (Lipinski definition) is 5. The molecule has 0 bridgehead atoms. The number of aromatic nitrogens is 4. The summed E-state index contributed by atoms with van der Waals surface area (Å²) in [6.45, 7) is 1.79. The smallest absolute Gasteiger partial charge is 0.338 e. The number of rotatable bonds is 6. The van der Waals surface area contributed by atoms with Crippen LogP contribution in [0.1, 0.15) is 23.0 Å². The van der Waals surface area contributed by atoms with Gasteiger partial charge in [0.05, 0.1) is 46.9 Å². The predicted molar refractivity (Wildman–Crippen MR) is 125 cm³/mol. The summed E-state index contributed by atoms with van der Waals surface area (Å²) in [7, 11) is 0. The van der Waals surface area contributed by atoms with Crippen LogP contribution in [-0.2, 0) is 11.3 Å². The van der Waals surface area contributed by atoms with Gasteiger partial charge in [-0.3, -0.25) is 0 Å². The SMILES string of the molecule is CCOC(=O)c1ccn2nc(-c3ccc(F)cc3)c(-c3cc(CO)n(-c4ccccc4)n3)c2c1. The van der Waals surface area contributed by atoms with E-state index in [2.05, 4.69) is 0 Å². The Kier molecular flexibility index (Phi) is 5.65. The first-order valence-corrected chi connectivity index (χ1v) is 10.8. The van der Waals surface area contributed by atoms with Crippen molar-refractivity contribution in [3.8, 4) is 28.2 Å². The second kappa shape index (κ2) is 8.92. The highest BCUT2D eigenvalue weighted by Gasteiger charge is 2.22. The minimum Gasteiger partial charge on any atom is -0.462 e. The first-order chi connectivity index (χ1) is 16.6. The maximum atomic E-state index is 13.6. The molecule has 0 saturated carbocycles. The minimum absolute atomic E-state index is 0.221. The molecule has 0 aliphatic rings. The van der Waals surface area contributed by atoms with Gasteiger partial charge in [-0.05, 0) is 61.5 Å². The summed E-state index contributed by atoms with van der Waals surface area (Å²) < 4.78 is 22.1. The molecule has 0 aliphatic carbocycles. The fourth-order valence-electron chi connectivity index (χ4n) is 3.90. The first-order valence-electron chi connectivity index (χ1n) is 10.8. The molecule has 1 N–H and O–H groups in total. The fourth-order valence-corrected chi connectivity index (χ4v) is 3.90. The van der Waals surface area contributed by atoms with E-state index in [0.717, 1.165) is 5.69 Å². The lowest BCUT2D eigenvalue weighted by Gasteiger charge is -2.05. The van der Waals surface area contributed by atoms with E-state index in [1.165, 1.54) is 12.1 Å². The molecule has 0 amide bonds. The Bertz CT molecular complexity index is 1470. The summed E-state index contributed by atoms with van der Waals surface area (Å²) in [5, 5.41) is 19.5. The van der Waals surface area contributed by atoms with Crippen molar-refractivity contribution in [2.75, 3.05) is 6.61 Å². The van der Waals surface area contributed by atoms with Gasteiger partial charge in [0, 0.05) is 11.8 Å². The molecule has 0 atom stereocenters. The summed E-state index contributed by atoms with van der Waals surface area (Å²) >= 11 is 0. The number of carbonyl (C=O) groups is 1. The number of pyridine rings is 1. The zero-order chi connectivity index (χ0) is 23.7. The van der Waals surface area contributed by atoms with Crippen LogP contribution >= 0.6 is 0 Å². The van der Waals surface area contributed by atoms with Crippen molar-refractivity contribution < 1.29 is 19.0 Å². The lowest BCUT2D eigenvalue weighted by Crippen LogP contribution is -2.05. The monoisotopic (exact) mass is 456 g/mol. The average Bonchev–Trinajstić information content (AvgIpc) is 3.46. The van der Waals surface area contributed by atoms with E-state index in [1.54, 1.807) is 52.6 Å². The van der Waals surface area contributed by atoms with Gasteiger partial charge in [-0.2, -0.15) is 10.2 Å². The van der Waals surface area contributed by atoms with Crippen LogP contribution in [-0.4, -0.2) is 37.1 Å². The van der Waals surface area contributed by atoms with E-state index in [4.69, 9.17) is 14.9 Å². The van der Waals surface area contributed by atoms with E-state index < -0.39 is 5.97 Å².